The van der Waals surface area contributed by atoms with Gasteiger partial charge in [-0.2, -0.15) is 0 Å². The van der Waals surface area contributed by atoms with Gasteiger partial charge in [0, 0.05) is 12.3 Å². The van der Waals surface area contributed by atoms with E-state index in [2.05, 4.69) is 34.6 Å². The first-order valence-corrected chi connectivity index (χ1v) is 11.3. The fourth-order valence-corrected chi connectivity index (χ4v) is 9.10. The molecule has 0 heterocycles. The summed E-state index contributed by atoms with van der Waals surface area (Å²) in [4.78, 5) is 11.7. The van der Waals surface area contributed by atoms with E-state index in [0.29, 0.717) is 28.6 Å². The Labute approximate surface area is 165 Å². The zero-order chi connectivity index (χ0) is 19.8. The highest BCUT2D eigenvalue weighted by Gasteiger charge is 2.68. The molecule has 0 aromatic carbocycles. The van der Waals surface area contributed by atoms with E-state index in [9.17, 15) is 9.90 Å². The van der Waals surface area contributed by atoms with Crippen molar-refractivity contribution in [3.05, 3.63) is 0 Å². The Morgan fingerprint density at radius 2 is 1.52 bits per heavy atom. The Morgan fingerprint density at radius 1 is 0.852 bits per heavy atom. The molecule has 0 aromatic rings. The Balaban J connectivity index is 1.69. The molecule has 3 heteroatoms. The van der Waals surface area contributed by atoms with Crippen LogP contribution in [0.15, 0.2) is 0 Å². The fraction of sp³-hybridized carbons (Fsp3) is 0.958. The Hall–Kier alpha value is -0.570. The normalized spacial score (nSPS) is 53.8. The lowest BCUT2D eigenvalue weighted by Crippen LogP contribution is -2.64. The smallest absolute Gasteiger partial charge is 0.302 e. The molecule has 1 N–H and O–H groups in total. The largest absolute Gasteiger partial charge is 0.462 e. The van der Waals surface area contributed by atoms with Crippen LogP contribution >= 0.6 is 0 Å². The molecule has 0 radical (unpaired) electrons. The van der Waals surface area contributed by atoms with Crippen molar-refractivity contribution < 1.29 is 14.6 Å². The first kappa shape index (κ1) is 19.7. The number of esters is 1. The number of hydrogen-bond donors (Lipinski definition) is 1. The Bertz CT molecular complexity index is 627. The second-order valence-electron chi connectivity index (χ2n) is 11.7. The summed E-state index contributed by atoms with van der Waals surface area (Å²) < 4.78 is 5.79. The molecule has 8 atom stereocenters. The Morgan fingerprint density at radius 3 is 2.19 bits per heavy atom. The fourth-order valence-electron chi connectivity index (χ4n) is 9.10. The van der Waals surface area contributed by atoms with Gasteiger partial charge in [0.05, 0.1) is 6.10 Å². The van der Waals surface area contributed by atoms with Crippen molar-refractivity contribution in [1.29, 1.82) is 0 Å². The first-order valence-electron chi connectivity index (χ1n) is 11.3. The summed E-state index contributed by atoms with van der Waals surface area (Å²) in [6.07, 6.45) is 9.24. The van der Waals surface area contributed by atoms with Crippen LogP contribution in [0.3, 0.4) is 0 Å². The molecule has 0 amide bonds. The van der Waals surface area contributed by atoms with Crippen LogP contribution in [0.4, 0.5) is 0 Å². The summed E-state index contributed by atoms with van der Waals surface area (Å²) in [5.74, 6) is 1.68. The molecule has 0 unspecified atom stereocenters. The molecule has 3 nitrogen and oxygen atoms in total. The lowest BCUT2D eigenvalue weighted by molar-refractivity contribution is -0.228. The number of ether oxygens (including phenoxy) is 1. The number of aliphatic hydroxyl groups is 1. The maximum Gasteiger partial charge on any atom is 0.302 e. The van der Waals surface area contributed by atoms with E-state index < -0.39 is 0 Å². The molecule has 4 fully saturated rings. The van der Waals surface area contributed by atoms with Gasteiger partial charge in [-0.05, 0) is 85.4 Å². The van der Waals surface area contributed by atoms with Gasteiger partial charge in [-0.1, -0.05) is 34.6 Å². The van der Waals surface area contributed by atoms with Crippen LogP contribution < -0.4 is 0 Å². The number of aliphatic hydroxyl groups excluding tert-OH is 1. The zero-order valence-corrected chi connectivity index (χ0v) is 18.3. The third-order valence-corrected chi connectivity index (χ3v) is 10.6. The van der Waals surface area contributed by atoms with Crippen LogP contribution in [0.2, 0.25) is 0 Å². The third-order valence-electron chi connectivity index (χ3n) is 10.6. The van der Waals surface area contributed by atoms with Gasteiger partial charge >= 0.3 is 5.97 Å². The van der Waals surface area contributed by atoms with Gasteiger partial charge in [0.15, 0.2) is 0 Å². The minimum Gasteiger partial charge on any atom is -0.462 e. The molecular weight excluding hydrogens is 336 g/mol. The van der Waals surface area contributed by atoms with Gasteiger partial charge < -0.3 is 9.84 Å². The highest BCUT2D eigenvalue weighted by Crippen LogP contribution is 2.74. The lowest BCUT2D eigenvalue weighted by atomic mass is 9.35. The monoisotopic (exact) mass is 376 g/mol. The molecule has 4 saturated carbocycles. The van der Waals surface area contributed by atoms with Gasteiger partial charge in [-0.15, -0.1) is 0 Å². The summed E-state index contributed by atoms with van der Waals surface area (Å²) >= 11 is 0. The predicted molar refractivity (Wildman–Crippen MR) is 107 cm³/mol. The van der Waals surface area contributed by atoms with Gasteiger partial charge in [0.2, 0.25) is 0 Å². The van der Waals surface area contributed by atoms with Gasteiger partial charge in [0.25, 0.3) is 0 Å². The lowest BCUT2D eigenvalue weighted by Gasteiger charge is -2.69. The topological polar surface area (TPSA) is 46.5 Å². The predicted octanol–water partition coefficient (Wildman–Crippen LogP) is 5.35. The minimum atomic E-state index is -0.134. The molecule has 0 saturated heterocycles. The standard InChI is InChI=1S/C24H40O3/c1-15(25)27-20-11-12-22(4)18(21(20,2)3)10-14-24(6)19(22)8-7-16-17(26)9-13-23(16,24)5/h16-20,26H,7-14H2,1-6H3/t16-,17+,18+,19-,20+,22+,23-,24-/m1/s1. The number of fused-ring (bicyclic) bond motifs is 5. The number of rotatable bonds is 1. The number of carbonyl (C=O) groups is 1. The quantitative estimate of drug-likeness (QED) is 0.628. The first-order chi connectivity index (χ1) is 12.5. The van der Waals surface area contributed by atoms with E-state index >= 15 is 0 Å². The second kappa shape index (κ2) is 5.97. The maximum atomic E-state index is 11.7. The van der Waals surface area contributed by atoms with E-state index in [1.807, 2.05) is 0 Å². The van der Waals surface area contributed by atoms with Crippen molar-refractivity contribution in [3.63, 3.8) is 0 Å². The van der Waals surface area contributed by atoms with Crippen LogP contribution in [0, 0.1) is 39.4 Å². The molecule has 0 aromatic heterocycles. The average molecular weight is 377 g/mol. The van der Waals surface area contributed by atoms with E-state index in [-0.39, 0.29) is 29.0 Å². The van der Waals surface area contributed by atoms with E-state index in [1.54, 1.807) is 6.92 Å². The average Bonchev–Trinajstić information content (AvgIpc) is 2.87. The van der Waals surface area contributed by atoms with Crippen molar-refractivity contribution >= 4 is 5.97 Å². The highest BCUT2D eigenvalue weighted by molar-refractivity contribution is 5.66. The van der Waals surface area contributed by atoms with Gasteiger partial charge in [-0.25, -0.2) is 0 Å². The van der Waals surface area contributed by atoms with Crippen LogP contribution in [-0.2, 0) is 9.53 Å². The zero-order valence-electron chi connectivity index (χ0n) is 18.3. The van der Waals surface area contributed by atoms with E-state index in [4.69, 9.17) is 4.74 Å². The molecule has 0 aliphatic heterocycles. The molecule has 154 valence electrons. The minimum absolute atomic E-state index is 0.0347. The van der Waals surface area contributed by atoms with Crippen LogP contribution in [0.5, 0.6) is 0 Å². The van der Waals surface area contributed by atoms with Crippen molar-refractivity contribution in [2.45, 2.75) is 105 Å². The van der Waals surface area contributed by atoms with Crippen LogP contribution in [0.25, 0.3) is 0 Å². The molecule has 27 heavy (non-hydrogen) atoms. The number of hydrogen-bond acceptors (Lipinski definition) is 3. The van der Waals surface area contributed by atoms with Crippen LogP contribution in [-0.4, -0.2) is 23.3 Å². The molecule has 0 bridgehead atoms. The molecular formula is C24H40O3. The summed E-state index contributed by atoms with van der Waals surface area (Å²) in [5, 5.41) is 10.6. The van der Waals surface area contributed by atoms with Gasteiger partial charge in [-0.3, -0.25) is 4.79 Å². The summed E-state index contributed by atoms with van der Waals surface area (Å²) in [5.41, 5.74) is 0.949. The van der Waals surface area contributed by atoms with Crippen molar-refractivity contribution in [2.24, 2.45) is 39.4 Å². The van der Waals surface area contributed by atoms with Crippen LogP contribution in [0.1, 0.15) is 92.9 Å². The number of carbonyl (C=O) groups excluding carboxylic acids is 1. The van der Waals surface area contributed by atoms with Crippen molar-refractivity contribution in [1.82, 2.24) is 0 Å². The molecule has 4 aliphatic carbocycles. The SMILES string of the molecule is CC(=O)O[C@H]1CC[C@]2(C)[C@H]3CC[C@@H]4[C@@H](O)CC[C@@]4(C)[C@]3(C)CC[C@H]2C1(C)C. The summed E-state index contributed by atoms with van der Waals surface area (Å²) in [6, 6.07) is 0. The maximum absolute atomic E-state index is 11.7. The molecule has 0 spiro atoms. The summed E-state index contributed by atoms with van der Waals surface area (Å²) in [7, 11) is 0. The Kier molecular flexibility index (Phi) is 4.36. The molecule has 4 rings (SSSR count). The summed E-state index contributed by atoms with van der Waals surface area (Å²) in [6.45, 7) is 13.9. The van der Waals surface area contributed by atoms with E-state index in [0.717, 1.165) is 12.8 Å². The molecule has 4 aliphatic rings. The van der Waals surface area contributed by atoms with Crippen molar-refractivity contribution in [3.8, 4) is 0 Å². The highest BCUT2D eigenvalue weighted by atomic mass is 16.5. The van der Waals surface area contributed by atoms with E-state index in [1.165, 1.54) is 38.5 Å². The second-order valence-corrected chi connectivity index (χ2v) is 11.7. The third kappa shape index (κ3) is 2.45. The van der Waals surface area contributed by atoms with Gasteiger partial charge in [0.1, 0.15) is 6.10 Å². The van der Waals surface area contributed by atoms with Crippen molar-refractivity contribution in [2.75, 3.05) is 0 Å².